The van der Waals surface area contributed by atoms with Crippen molar-refractivity contribution in [3.05, 3.63) is 74.2 Å². The Bertz CT molecular complexity index is 981. The van der Waals surface area contributed by atoms with Gasteiger partial charge in [-0.15, -0.1) is 10.2 Å². The molecule has 0 saturated carbocycles. The van der Waals surface area contributed by atoms with Crippen molar-refractivity contribution in [3.8, 4) is 0 Å². The largest absolute Gasteiger partial charge is 0.325 e. The first-order valence-electron chi connectivity index (χ1n) is 7.70. The van der Waals surface area contributed by atoms with Crippen molar-refractivity contribution in [2.75, 3.05) is 5.32 Å². The molecule has 3 aromatic rings. The second-order valence-corrected chi connectivity index (χ2v) is 8.35. The summed E-state index contributed by atoms with van der Waals surface area (Å²) >= 11 is 8.50. The number of amides is 1. The number of benzene rings is 2. The Morgan fingerprint density at radius 2 is 2.00 bits per heavy atom. The maximum absolute atomic E-state index is 12.9. The van der Waals surface area contributed by atoms with E-state index in [-0.39, 0.29) is 16.6 Å². The van der Waals surface area contributed by atoms with Gasteiger partial charge in [0.2, 0.25) is 5.91 Å². The van der Waals surface area contributed by atoms with Crippen LogP contribution >= 0.6 is 34.7 Å². The molecule has 138 valence electrons. The number of aryl methyl sites for hydroxylation is 1. The van der Waals surface area contributed by atoms with E-state index < -0.39 is 10.2 Å². The van der Waals surface area contributed by atoms with Crippen LogP contribution in [0.2, 0.25) is 5.02 Å². The molecule has 1 N–H and O–H groups in total. The molecule has 27 heavy (non-hydrogen) atoms. The van der Waals surface area contributed by atoms with Gasteiger partial charge in [0.1, 0.15) is 15.3 Å². The van der Waals surface area contributed by atoms with Crippen molar-refractivity contribution < 1.29 is 9.72 Å². The van der Waals surface area contributed by atoms with Crippen molar-refractivity contribution in [1.29, 1.82) is 0 Å². The molecule has 1 amide bonds. The second-order valence-electron chi connectivity index (χ2n) is 5.41. The predicted octanol–water partition coefficient (Wildman–Crippen LogP) is 4.88. The number of carbonyl (C=O) groups is 1. The van der Waals surface area contributed by atoms with E-state index in [2.05, 4.69) is 15.5 Å². The number of halogens is 1. The Kier molecular flexibility index (Phi) is 6.04. The number of hydrogen-bond acceptors (Lipinski definition) is 7. The number of aromatic nitrogens is 2. The number of nitrogens with one attached hydrogen (secondary N) is 1. The molecule has 0 radical (unpaired) electrons. The molecule has 1 atom stereocenters. The van der Waals surface area contributed by atoms with Crippen LogP contribution in [-0.4, -0.2) is 21.0 Å². The summed E-state index contributed by atoms with van der Waals surface area (Å²) in [6.45, 7) is 1.84. The lowest BCUT2D eigenvalue weighted by atomic mass is 10.1. The molecule has 0 fully saturated rings. The minimum Gasteiger partial charge on any atom is -0.325 e. The van der Waals surface area contributed by atoms with E-state index in [0.717, 1.165) is 10.6 Å². The van der Waals surface area contributed by atoms with Gasteiger partial charge in [-0.1, -0.05) is 65.0 Å². The highest BCUT2D eigenvalue weighted by Crippen LogP contribution is 2.38. The van der Waals surface area contributed by atoms with Crippen LogP contribution in [0, 0.1) is 17.0 Å². The van der Waals surface area contributed by atoms with Gasteiger partial charge >= 0.3 is 0 Å². The summed E-state index contributed by atoms with van der Waals surface area (Å²) in [5, 5.41) is 22.0. The molecule has 3 rings (SSSR count). The van der Waals surface area contributed by atoms with E-state index in [1.165, 1.54) is 41.3 Å². The van der Waals surface area contributed by atoms with E-state index in [0.29, 0.717) is 10.0 Å². The van der Waals surface area contributed by atoms with Crippen molar-refractivity contribution in [2.24, 2.45) is 0 Å². The molecule has 0 bridgehead atoms. The van der Waals surface area contributed by atoms with Crippen molar-refractivity contribution in [1.82, 2.24) is 10.2 Å². The van der Waals surface area contributed by atoms with Crippen molar-refractivity contribution in [2.45, 2.75) is 16.5 Å². The van der Waals surface area contributed by atoms with Gasteiger partial charge in [-0.25, -0.2) is 0 Å². The zero-order chi connectivity index (χ0) is 19.4. The highest BCUT2D eigenvalue weighted by atomic mass is 35.5. The molecule has 1 heterocycles. The number of nitrogens with zero attached hydrogens (tertiary/aromatic N) is 3. The lowest BCUT2D eigenvalue weighted by molar-refractivity contribution is -0.384. The maximum atomic E-state index is 12.9. The number of nitro benzene ring substituents is 1. The van der Waals surface area contributed by atoms with Crippen LogP contribution in [0.1, 0.15) is 15.8 Å². The Morgan fingerprint density at radius 1 is 1.26 bits per heavy atom. The highest BCUT2D eigenvalue weighted by Gasteiger charge is 2.24. The maximum Gasteiger partial charge on any atom is 0.289 e. The van der Waals surface area contributed by atoms with Crippen LogP contribution in [0.15, 0.2) is 52.9 Å². The summed E-state index contributed by atoms with van der Waals surface area (Å²) in [5.74, 6) is -0.323. The smallest absolute Gasteiger partial charge is 0.289 e. The van der Waals surface area contributed by atoms with E-state index in [1.54, 1.807) is 0 Å². The molecule has 1 aromatic heterocycles. The first-order valence-corrected chi connectivity index (χ1v) is 9.78. The van der Waals surface area contributed by atoms with Gasteiger partial charge in [-0.05, 0) is 24.6 Å². The third kappa shape index (κ3) is 4.82. The fraction of sp³-hybridized carbons (Fsp3) is 0.118. The fourth-order valence-corrected chi connectivity index (χ4v) is 4.46. The molecule has 0 aliphatic rings. The van der Waals surface area contributed by atoms with Gasteiger partial charge in [0, 0.05) is 11.8 Å². The average Bonchev–Trinajstić information content (AvgIpc) is 3.06. The van der Waals surface area contributed by atoms with Crippen molar-refractivity contribution in [3.63, 3.8) is 0 Å². The van der Waals surface area contributed by atoms with Gasteiger partial charge in [0.25, 0.3) is 5.69 Å². The monoisotopic (exact) mass is 420 g/mol. The minimum atomic E-state index is -0.592. The third-order valence-electron chi connectivity index (χ3n) is 3.48. The molecule has 0 unspecified atom stereocenters. The van der Waals surface area contributed by atoms with E-state index in [1.807, 2.05) is 37.3 Å². The number of nitro groups is 1. The number of rotatable bonds is 6. The summed E-state index contributed by atoms with van der Waals surface area (Å²) in [7, 11) is 0. The van der Waals surface area contributed by atoms with Crippen LogP contribution < -0.4 is 5.32 Å². The number of hydrogen-bond donors (Lipinski definition) is 1. The van der Waals surface area contributed by atoms with E-state index in [4.69, 9.17) is 11.6 Å². The predicted molar refractivity (Wildman–Crippen MR) is 106 cm³/mol. The summed E-state index contributed by atoms with van der Waals surface area (Å²) in [4.78, 5) is 23.4. The van der Waals surface area contributed by atoms with Gasteiger partial charge in [0.15, 0.2) is 4.34 Å². The normalized spacial score (nSPS) is 11.8. The van der Waals surface area contributed by atoms with E-state index >= 15 is 0 Å². The Labute approximate surface area is 167 Å². The zero-order valence-electron chi connectivity index (χ0n) is 14.0. The second kappa shape index (κ2) is 8.47. The quantitative estimate of drug-likeness (QED) is 0.346. The molecule has 0 aliphatic carbocycles. The molecule has 2 aromatic carbocycles. The van der Waals surface area contributed by atoms with Gasteiger partial charge in [0.05, 0.1) is 4.92 Å². The first kappa shape index (κ1) is 19.3. The molecule has 10 heteroatoms. The Hall–Kier alpha value is -2.49. The van der Waals surface area contributed by atoms with Gasteiger partial charge in [-0.3, -0.25) is 14.9 Å². The van der Waals surface area contributed by atoms with Crippen molar-refractivity contribution >= 4 is 52.0 Å². The minimum absolute atomic E-state index is 0.0105. The average molecular weight is 421 g/mol. The van der Waals surface area contributed by atoms with Crippen LogP contribution in [0.25, 0.3) is 0 Å². The molecule has 0 saturated heterocycles. The van der Waals surface area contributed by atoms with Crippen LogP contribution in [0.5, 0.6) is 0 Å². The number of anilines is 1. The Morgan fingerprint density at radius 3 is 2.63 bits per heavy atom. The summed E-state index contributed by atoms with van der Waals surface area (Å²) in [6, 6.07) is 13.4. The highest BCUT2D eigenvalue weighted by molar-refractivity contribution is 8.01. The third-order valence-corrected chi connectivity index (χ3v) is 5.97. The summed E-state index contributed by atoms with van der Waals surface area (Å²) in [6.07, 6.45) is 0. The number of thioether (sulfide) groups is 1. The topological polar surface area (TPSA) is 98.0 Å². The SMILES string of the molecule is Cc1nnc(S[C@H](C(=O)Nc2ccc(Cl)c([N+](=O)[O-])c2)c2ccccc2)s1. The summed E-state index contributed by atoms with van der Waals surface area (Å²) in [5.41, 5.74) is 0.820. The standard InChI is InChI=1S/C17H13ClN4O3S2/c1-10-20-21-17(26-10)27-15(11-5-3-2-4-6-11)16(23)19-12-7-8-13(18)14(9-12)22(24)25/h2-9,15H,1H3,(H,19,23)/t15-/m0/s1. The van der Waals surface area contributed by atoms with Crippen LogP contribution in [-0.2, 0) is 4.79 Å². The van der Waals surface area contributed by atoms with Gasteiger partial charge in [-0.2, -0.15) is 0 Å². The zero-order valence-corrected chi connectivity index (χ0v) is 16.3. The van der Waals surface area contributed by atoms with E-state index in [9.17, 15) is 14.9 Å². The van der Waals surface area contributed by atoms with Crippen LogP contribution in [0.4, 0.5) is 11.4 Å². The Balaban J connectivity index is 1.87. The fourth-order valence-electron chi connectivity index (χ4n) is 2.27. The number of carbonyl (C=O) groups excluding carboxylic acids is 1. The molecule has 7 nitrogen and oxygen atoms in total. The molecular weight excluding hydrogens is 408 g/mol. The molecule has 0 spiro atoms. The lowest BCUT2D eigenvalue weighted by Crippen LogP contribution is -2.19. The van der Waals surface area contributed by atoms with Gasteiger partial charge < -0.3 is 5.32 Å². The molecule has 0 aliphatic heterocycles. The van der Waals surface area contributed by atoms with Crippen LogP contribution in [0.3, 0.4) is 0 Å². The first-order chi connectivity index (χ1) is 12.9. The lowest BCUT2D eigenvalue weighted by Gasteiger charge is -2.15. The molecular formula is C17H13ClN4O3S2. The summed E-state index contributed by atoms with van der Waals surface area (Å²) < 4.78 is 0.665.